The summed E-state index contributed by atoms with van der Waals surface area (Å²) in [6.45, 7) is 16.6. The molecule has 0 unspecified atom stereocenters. The first-order chi connectivity index (χ1) is 34.2. The fourth-order valence-electron chi connectivity index (χ4n) is 8.14. The Kier molecular flexibility index (Phi) is 22.0. The number of rotatable bonds is 23. The van der Waals surface area contributed by atoms with Gasteiger partial charge in [0.15, 0.2) is 18.4 Å². The van der Waals surface area contributed by atoms with Crippen molar-refractivity contribution < 1.29 is 65.2 Å². The van der Waals surface area contributed by atoms with Crippen LogP contribution in [0.15, 0.2) is 78.9 Å². The van der Waals surface area contributed by atoms with Crippen LogP contribution in [0.1, 0.15) is 102 Å². The number of aryl methyl sites for hydroxylation is 1. The van der Waals surface area contributed by atoms with E-state index in [0.717, 1.165) is 22.4 Å². The zero-order chi connectivity index (χ0) is 54.1. The number of epoxide rings is 1. The first kappa shape index (κ1) is 59.7. The molecule has 0 radical (unpaired) electrons. The summed E-state index contributed by atoms with van der Waals surface area (Å²) in [5.74, 6) is -2.99. The topological polar surface area (TPSA) is 247 Å². The van der Waals surface area contributed by atoms with Gasteiger partial charge in [-0.25, -0.2) is 8.42 Å². The van der Waals surface area contributed by atoms with E-state index in [9.17, 15) is 24.0 Å². The van der Waals surface area contributed by atoms with E-state index in [1.807, 2.05) is 74.5 Å². The maximum Gasteiger partial charge on any atom is 0.316 e. The monoisotopic (exact) mass is 1030 g/mol. The van der Waals surface area contributed by atoms with E-state index in [0.29, 0.717) is 63.3 Å². The van der Waals surface area contributed by atoms with Crippen LogP contribution in [0.4, 0.5) is 0 Å². The number of esters is 1. The van der Waals surface area contributed by atoms with Crippen LogP contribution in [-0.4, -0.2) is 140 Å². The fraction of sp³-hybridized carbons (Fsp3) is 0.537. The predicted octanol–water partition coefficient (Wildman–Crippen LogP) is 4.53. The number of quaternary nitrogens is 1. The summed E-state index contributed by atoms with van der Waals surface area (Å²) in [7, 11) is -3.92. The van der Waals surface area contributed by atoms with E-state index in [1.54, 1.807) is 45.9 Å². The van der Waals surface area contributed by atoms with E-state index in [1.165, 1.54) is 0 Å². The van der Waals surface area contributed by atoms with Crippen LogP contribution in [0, 0.1) is 17.3 Å². The molecule has 2 saturated heterocycles. The van der Waals surface area contributed by atoms with Gasteiger partial charge in [0.2, 0.25) is 17.7 Å². The van der Waals surface area contributed by atoms with Crippen molar-refractivity contribution in [2.75, 3.05) is 52.3 Å². The lowest BCUT2D eigenvalue weighted by Gasteiger charge is -2.42. The SMILES string of the molecule is CC(C)CCNC(=O)[C@H](Cc1ccccc1)NC(=O)[C@H](CC(C)C)NC(=O)[C@H](CCc1ccccc1)N(C(=O)C[N+]1(Cc2ccc(OC(=O)C(C)(C)C)c(C=O)c2)CCOCC1)C(=O)[C@@]1(C)CO1.CS(=O)(=O)[O-]. The molecule has 400 valence electrons. The van der Waals surface area contributed by atoms with E-state index in [-0.39, 0.29) is 66.6 Å². The lowest BCUT2D eigenvalue weighted by Crippen LogP contribution is -2.64. The van der Waals surface area contributed by atoms with Gasteiger partial charge in [0.05, 0.1) is 40.9 Å². The second kappa shape index (κ2) is 26.9. The number of benzene rings is 3. The van der Waals surface area contributed by atoms with Gasteiger partial charge in [-0.1, -0.05) is 88.4 Å². The van der Waals surface area contributed by atoms with Gasteiger partial charge in [0.1, 0.15) is 43.5 Å². The van der Waals surface area contributed by atoms with E-state index >= 15 is 9.59 Å². The van der Waals surface area contributed by atoms with Gasteiger partial charge in [-0.3, -0.25) is 38.5 Å². The summed E-state index contributed by atoms with van der Waals surface area (Å²) in [4.78, 5) is 99.1. The normalized spacial score (nSPS) is 17.4. The Morgan fingerprint density at radius 1 is 0.822 bits per heavy atom. The minimum Gasteiger partial charge on any atom is -0.748 e. The molecule has 0 saturated carbocycles. The Labute approximate surface area is 430 Å². The lowest BCUT2D eigenvalue weighted by atomic mass is 9.97. The Hall–Kier alpha value is -5.86. The van der Waals surface area contributed by atoms with Gasteiger partial charge in [0, 0.05) is 24.8 Å². The van der Waals surface area contributed by atoms with E-state index in [2.05, 4.69) is 29.8 Å². The Bertz CT molecular complexity index is 2460. The standard InChI is InChI=1S/C53H71N5O10.CH4O3S/c1-36(2)23-24-54-47(61)43(31-39-17-13-10-14-18-39)55-48(62)42(29-37(3)4)56-49(63)44(21-19-38-15-11-9-12-16-38)57(50(64)53(8)35-67-53)46(60)33-58(25-27-66-28-26-58)32-40-20-22-45(41(30-40)34-59)68-51(65)52(5,6)7;1-5(2,3)4/h9-18,20,22,30,34,36-37,42-44H,19,21,23-29,31-33,35H2,1-8H3,(H2-,54,55,56,61,62,63);1H3,(H,2,3,4)/t42-,43-,44-,53+;/m0./s1. The molecule has 5 rings (SSSR count). The first-order valence-electron chi connectivity index (χ1n) is 24.8. The number of imide groups is 1. The number of hydrogen-bond donors (Lipinski definition) is 3. The highest BCUT2D eigenvalue weighted by molar-refractivity contribution is 7.84. The third-order valence-electron chi connectivity index (χ3n) is 12.4. The number of ether oxygens (including phenoxy) is 3. The number of amides is 5. The van der Waals surface area contributed by atoms with E-state index < -0.39 is 68.9 Å². The third-order valence-corrected chi connectivity index (χ3v) is 12.4. The molecule has 3 aromatic rings. The van der Waals surface area contributed by atoms with Gasteiger partial charge >= 0.3 is 5.97 Å². The van der Waals surface area contributed by atoms with Crippen LogP contribution in [-0.2, 0) is 67.7 Å². The minimum absolute atomic E-state index is 0.0366. The predicted molar refractivity (Wildman–Crippen MR) is 273 cm³/mol. The Balaban J connectivity index is 0.00000220. The summed E-state index contributed by atoms with van der Waals surface area (Å²) < 4.78 is 44.3. The highest BCUT2D eigenvalue weighted by Gasteiger charge is 2.54. The molecule has 2 aliphatic rings. The van der Waals surface area contributed by atoms with Crippen LogP contribution < -0.4 is 20.7 Å². The Morgan fingerprint density at radius 3 is 1.93 bits per heavy atom. The molecule has 2 aliphatic heterocycles. The van der Waals surface area contributed by atoms with Crippen LogP contribution in [0.2, 0.25) is 0 Å². The van der Waals surface area contributed by atoms with Crippen molar-refractivity contribution in [3.05, 3.63) is 101 Å². The molecule has 0 aliphatic carbocycles. The fourth-order valence-corrected chi connectivity index (χ4v) is 8.14. The van der Waals surface area contributed by atoms with E-state index in [4.69, 9.17) is 27.2 Å². The van der Waals surface area contributed by atoms with Gasteiger partial charge in [-0.2, -0.15) is 0 Å². The van der Waals surface area contributed by atoms with Crippen molar-refractivity contribution in [2.45, 2.75) is 118 Å². The maximum absolute atomic E-state index is 15.2. The van der Waals surface area contributed by atoms with Gasteiger partial charge in [-0.05, 0) is 94.5 Å². The van der Waals surface area contributed by atoms with Crippen LogP contribution >= 0.6 is 0 Å². The number of carbonyl (C=O) groups excluding carboxylic acids is 7. The van der Waals surface area contributed by atoms with Gasteiger partial charge < -0.3 is 39.2 Å². The molecule has 3 aromatic carbocycles. The average Bonchev–Trinajstić information content (AvgIpc) is 4.07. The second-order valence-electron chi connectivity index (χ2n) is 21.1. The number of nitrogens with zero attached hydrogens (tertiary/aromatic N) is 2. The quantitative estimate of drug-likeness (QED) is 0.0296. The number of nitrogens with one attached hydrogen (secondary N) is 3. The highest BCUT2D eigenvalue weighted by Crippen LogP contribution is 2.32. The van der Waals surface area contributed by atoms with Gasteiger partial charge in [-0.15, -0.1) is 0 Å². The molecule has 2 fully saturated rings. The van der Waals surface area contributed by atoms with Gasteiger partial charge in [0.25, 0.3) is 11.8 Å². The zero-order valence-electron chi connectivity index (χ0n) is 43.8. The maximum atomic E-state index is 15.2. The molecular formula is C54H75N5O13S. The molecular weight excluding hydrogens is 959 g/mol. The summed E-state index contributed by atoms with van der Waals surface area (Å²) in [6, 6.07) is 20.3. The molecule has 0 bridgehead atoms. The number of morpholine rings is 1. The lowest BCUT2D eigenvalue weighted by molar-refractivity contribution is -0.940. The van der Waals surface area contributed by atoms with Crippen molar-refractivity contribution in [1.29, 1.82) is 0 Å². The molecule has 4 atom stereocenters. The van der Waals surface area contributed by atoms with Crippen molar-refractivity contribution in [3.8, 4) is 5.75 Å². The molecule has 19 heteroatoms. The van der Waals surface area contributed by atoms with Crippen LogP contribution in [0.3, 0.4) is 0 Å². The molecule has 0 spiro atoms. The first-order valence-corrected chi connectivity index (χ1v) is 26.6. The molecule has 73 heavy (non-hydrogen) atoms. The molecule has 18 nitrogen and oxygen atoms in total. The highest BCUT2D eigenvalue weighted by atomic mass is 32.2. The van der Waals surface area contributed by atoms with Crippen LogP contribution in [0.25, 0.3) is 0 Å². The summed E-state index contributed by atoms with van der Waals surface area (Å²) >= 11 is 0. The summed E-state index contributed by atoms with van der Waals surface area (Å²) in [5.41, 5.74) is 0.425. The Morgan fingerprint density at radius 2 is 1.40 bits per heavy atom. The van der Waals surface area contributed by atoms with Crippen LogP contribution in [0.5, 0.6) is 5.75 Å². The average molecular weight is 1030 g/mol. The number of hydrogen-bond acceptors (Lipinski definition) is 13. The van der Waals surface area contributed by atoms with Crippen molar-refractivity contribution in [3.63, 3.8) is 0 Å². The molecule has 0 aromatic heterocycles. The number of aldehydes is 1. The zero-order valence-corrected chi connectivity index (χ0v) is 44.6. The molecule has 2 heterocycles. The smallest absolute Gasteiger partial charge is 0.316 e. The minimum atomic E-state index is -3.92. The van der Waals surface area contributed by atoms with Crippen molar-refractivity contribution in [1.82, 2.24) is 20.9 Å². The summed E-state index contributed by atoms with van der Waals surface area (Å²) in [5, 5.41) is 8.84. The van der Waals surface area contributed by atoms with Crippen molar-refractivity contribution in [2.24, 2.45) is 17.3 Å². The molecule has 3 N–H and O–H groups in total. The molecule has 5 amide bonds. The third kappa shape index (κ3) is 19.8. The summed E-state index contributed by atoms with van der Waals surface area (Å²) in [6.07, 6.45) is 2.75. The van der Waals surface area contributed by atoms with Crippen molar-refractivity contribution >= 4 is 51.9 Å². The number of carbonyl (C=O) groups is 7. The largest absolute Gasteiger partial charge is 0.748 e. The second-order valence-corrected chi connectivity index (χ2v) is 22.5.